The number of anilines is 1. The van der Waals surface area contributed by atoms with Gasteiger partial charge in [0.25, 0.3) is 5.91 Å². The lowest BCUT2D eigenvalue weighted by Crippen LogP contribution is -2.12. The molecule has 1 aromatic heterocycles. The summed E-state index contributed by atoms with van der Waals surface area (Å²) in [4.78, 5) is 12.4. The fourth-order valence-corrected chi connectivity index (χ4v) is 2.29. The smallest absolute Gasteiger partial charge is 0.269 e. The van der Waals surface area contributed by atoms with Crippen LogP contribution >= 0.6 is 27.5 Å². The number of hydrogen-bond donors (Lipinski definition) is 1. The van der Waals surface area contributed by atoms with Crippen molar-refractivity contribution in [1.82, 2.24) is 9.59 Å². The minimum Gasteiger partial charge on any atom is -0.321 e. The molecule has 1 heterocycles. The fraction of sp³-hybridized carbons (Fsp3) is 0.182. The lowest BCUT2D eigenvalue weighted by molar-refractivity contribution is 0.102. The maximum absolute atomic E-state index is 13.3. The van der Waals surface area contributed by atoms with Gasteiger partial charge in [-0.05, 0) is 59.0 Å². The van der Waals surface area contributed by atoms with E-state index in [0.29, 0.717) is 26.3 Å². The lowest BCUT2D eigenvalue weighted by atomic mass is 10.2. The molecule has 94 valence electrons. The molecule has 2 aromatic rings. The third-order valence-electron chi connectivity index (χ3n) is 2.37. The first-order valence-corrected chi connectivity index (χ1v) is 6.61. The van der Waals surface area contributed by atoms with E-state index in [9.17, 15) is 9.18 Å². The number of halogens is 2. The number of benzene rings is 1. The molecule has 7 heteroatoms. The summed E-state index contributed by atoms with van der Waals surface area (Å²) in [5.74, 6) is -0.648. The van der Waals surface area contributed by atoms with Gasteiger partial charge in [0.15, 0.2) is 0 Å². The molecule has 0 aliphatic carbocycles. The predicted octanol–water partition coefficient (Wildman–Crippen LogP) is 3.31. The monoisotopic (exact) mass is 329 g/mol. The average molecular weight is 330 g/mol. The summed E-state index contributed by atoms with van der Waals surface area (Å²) in [6.45, 7) is 3.44. The highest BCUT2D eigenvalue weighted by Crippen LogP contribution is 2.25. The normalized spacial score (nSPS) is 10.4. The van der Waals surface area contributed by atoms with Gasteiger partial charge in [0.1, 0.15) is 10.7 Å². The van der Waals surface area contributed by atoms with Crippen molar-refractivity contribution in [2.75, 3.05) is 5.32 Å². The van der Waals surface area contributed by atoms with Gasteiger partial charge in [-0.2, -0.15) is 0 Å². The summed E-state index contributed by atoms with van der Waals surface area (Å²) in [5.41, 5.74) is 1.79. The van der Waals surface area contributed by atoms with E-state index in [1.165, 1.54) is 12.1 Å². The van der Waals surface area contributed by atoms with E-state index in [0.717, 1.165) is 11.5 Å². The molecule has 0 aliphatic rings. The van der Waals surface area contributed by atoms with Crippen LogP contribution in [0.5, 0.6) is 0 Å². The molecule has 1 amide bonds. The van der Waals surface area contributed by atoms with Gasteiger partial charge in [-0.15, -0.1) is 5.10 Å². The molecule has 1 N–H and O–H groups in total. The number of carbonyl (C=O) groups excluding carboxylic acids is 1. The molecule has 4 nitrogen and oxygen atoms in total. The van der Waals surface area contributed by atoms with Crippen LogP contribution in [0, 0.1) is 19.7 Å². The maximum Gasteiger partial charge on any atom is 0.269 e. The number of nitrogens with zero attached hydrogens (tertiary/aromatic N) is 2. The minimum atomic E-state index is -0.360. The van der Waals surface area contributed by atoms with Crippen LogP contribution in [0.1, 0.15) is 20.9 Å². The van der Waals surface area contributed by atoms with Gasteiger partial charge in [-0.25, -0.2) is 4.39 Å². The first kappa shape index (κ1) is 13.1. The molecule has 0 radical (unpaired) electrons. The van der Waals surface area contributed by atoms with Crippen molar-refractivity contribution < 1.29 is 9.18 Å². The molecule has 2 rings (SSSR count). The van der Waals surface area contributed by atoms with Crippen LogP contribution in [0.2, 0.25) is 0 Å². The lowest BCUT2D eigenvalue weighted by Gasteiger charge is -2.08. The Kier molecular flexibility index (Phi) is 3.72. The number of aromatic nitrogens is 2. The Bertz CT molecular complexity index is 614. The van der Waals surface area contributed by atoms with Crippen LogP contribution in [0.4, 0.5) is 10.1 Å². The van der Waals surface area contributed by atoms with E-state index < -0.39 is 0 Å². The highest BCUT2D eigenvalue weighted by atomic mass is 79.9. The van der Waals surface area contributed by atoms with Crippen LogP contribution in [0.25, 0.3) is 0 Å². The van der Waals surface area contributed by atoms with E-state index in [4.69, 9.17) is 0 Å². The number of hydrogen-bond acceptors (Lipinski definition) is 4. The van der Waals surface area contributed by atoms with Gasteiger partial charge in [0, 0.05) is 5.69 Å². The van der Waals surface area contributed by atoms with Crippen molar-refractivity contribution in [1.29, 1.82) is 0 Å². The Morgan fingerprint density at radius 2 is 2.17 bits per heavy atom. The van der Waals surface area contributed by atoms with Crippen molar-refractivity contribution in [3.05, 3.63) is 38.6 Å². The number of rotatable bonds is 2. The molecule has 0 spiro atoms. The predicted molar refractivity (Wildman–Crippen MR) is 71.4 cm³/mol. The Morgan fingerprint density at radius 3 is 2.78 bits per heavy atom. The van der Waals surface area contributed by atoms with E-state index in [2.05, 4.69) is 30.8 Å². The summed E-state index contributed by atoms with van der Waals surface area (Å²) in [6, 6.07) is 2.89. The summed E-state index contributed by atoms with van der Waals surface area (Å²) < 4.78 is 17.3. The molecule has 0 fully saturated rings. The van der Waals surface area contributed by atoms with Gasteiger partial charge in [-0.1, -0.05) is 4.49 Å². The Labute approximate surface area is 116 Å². The second-order valence-electron chi connectivity index (χ2n) is 3.72. The van der Waals surface area contributed by atoms with Crippen molar-refractivity contribution in [3.63, 3.8) is 0 Å². The first-order valence-electron chi connectivity index (χ1n) is 5.05. The van der Waals surface area contributed by atoms with E-state index in [1.54, 1.807) is 13.8 Å². The topological polar surface area (TPSA) is 54.9 Å². The Balaban J connectivity index is 2.28. The number of carbonyl (C=O) groups is 1. The standard InChI is InChI=1S/C11H9BrFN3OS/c1-5-3-8(13)7(12)4-9(5)14-11(17)10-6(2)15-16-18-10/h3-4H,1-2H3,(H,14,17). The van der Waals surface area contributed by atoms with E-state index in [-0.39, 0.29) is 11.7 Å². The van der Waals surface area contributed by atoms with Crippen molar-refractivity contribution in [2.24, 2.45) is 0 Å². The second kappa shape index (κ2) is 5.11. The highest BCUT2D eigenvalue weighted by molar-refractivity contribution is 9.10. The molecular formula is C11H9BrFN3OS. The van der Waals surface area contributed by atoms with Crippen LogP contribution in [-0.2, 0) is 0 Å². The molecule has 18 heavy (non-hydrogen) atoms. The zero-order chi connectivity index (χ0) is 13.3. The highest BCUT2D eigenvalue weighted by Gasteiger charge is 2.15. The Hall–Kier alpha value is -1.34. The summed E-state index contributed by atoms with van der Waals surface area (Å²) in [5, 5.41) is 6.49. The van der Waals surface area contributed by atoms with E-state index >= 15 is 0 Å². The molecular weight excluding hydrogens is 321 g/mol. The molecule has 0 atom stereocenters. The molecule has 0 saturated heterocycles. The third kappa shape index (κ3) is 2.56. The molecule has 0 aliphatic heterocycles. The first-order chi connectivity index (χ1) is 8.49. The zero-order valence-electron chi connectivity index (χ0n) is 9.62. The van der Waals surface area contributed by atoms with E-state index in [1.807, 2.05) is 0 Å². The van der Waals surface area contributed by atoms with Crippen molar-refractivity contribution in [3.8, 4) is 0 Å². The SMILES string of the molecule is Cc1cc(F)c(Br)cc1NC(=O)c1snnc1C. The number of aryl methyl sites for hydroxylation is 2. The summed E-state index contributed by atoms with van der Waals surface area (Å²) in [6.07, 6.45) is 0. The van der Waals surface area contributed by atoms with Crippen molar-refractivity contribution in [2.45, 2.75) is 13.8 Å². The van der Waals surface area contributed by atoms with Crippen LogP contribution in [0.3, 0.4) is 0 Å². The zero-order valence-corrected chi connectivity index (χ0v) is 12.0. The Morgan fingerprint density at radius 1 is 1.44 bits per heavy atom. The number of amides is 1. The molecule has 1 aromatic carbocycles. The average Bonchev–Trinajstić information content (AvgIpc) is 2.72. The van der Waals surface area contributed by atoms with Gasteiger partial charge >= 0.3 is 0 Å². The quantitative estimate of drug-likeness (QED) is 0.919. The summed E-state index contributed by atoms with van der Waals surface area (Å²) >= 11 is 4.12. The molecule has 0 saturated carbocycles. The fourth-order valence-electron chi connectivity index (χ4n) is 1.40. The van der Waals surface area contributed by atoms with Crippen LogP contribution < -0.4 is 5.32 Å². The van der Waals surface area contributed by atoms with Gasteiger partial charge in [0.2, 0.25) is 0 Å². The maximum atomic E-state index is 13.3. The van der Waals surface area contributed by atoms with Gasteiger partial charge in [-0.3, -0.25) is 4.79 Å². The van der Waals surface area contributed by atoms with Gasteiger partial charge < -0.3 is 5.32 Å². The third-order valence-corrected chi connectivity index (χ3v) is 3.81. The van der Waals surface area contributed by atoms with Gasteiger partial charge in [0.05, 0.1) is 10.2 Å². The minimum absolute atomic E-state index is 0.288. The second-order valence-corrected chi connectivity index (χ2v) is 5.33. The molecule has 0 unspecified atom stereocenters. The largest absolute Gasteiger partial charge is 0.321 e. The van der Waals surface area contributed by atoms with Crippen molar-refractivity contribution >= 4 is 39.1 Å². The molecule has 0 bridgehead atoms. The van der Waals surface area contributed by atoms with Crippen LogP contribution in [-0.4, -0.2) is 15.5 Å². The summed E-state index contributed by atoms with van der Waals surface area (Å²) in [7, 11) is 0. The number of nitrogens with one attached hydrogen (secondary N) is 1. The van der Waals surface area contributed by atoms with Crippen LogP contribution in [0.15, 0.2) is 16.6 Å².